The first-order chi connectivity index (χ1) is 19.1. The number of fused-ring (bicyclic) bond motifs is 1. The summed E-state index contributed by atoms with van der Waals surface area (Å²) in [7, 11) is 1.64. The largest absolute Gasteiger partial charge is 0.497 e. The first-order valence-corrected chi connectivity index (χ1v) is 13.8. The molecule has 192 valence electrons. The van der Waals surface area contributed by atoms with Crippen LogP contribution in [-0.2, 0) is 4.79 Å². The molecule has 9 heteroatoms. The second-order valence-electron chi connectivity index (χ2n) is 8.62. The predicted molar refractivity (Wildman–Crippen MR) is 160 cm³/mol. The molecule has 3 heterocycles. The molecule has 1 aliphatic heterocycles. The Kier molecular flexibility index (Phi) is 6.83. The number of aliphatic imine (C=N–C) groups is 1. The Bertz CT molecular complexity index is 1700. The molecule has 1 fully saturated rings. The van der Waals surface area contributed by atoms with Crippen molar-refractivity contribution >= 4 is 55.6 Å². The topological polar surface area (TPSA) is 72.6 Å². The summed E-state index contributed by atoms with van der Waals surface area (Å²) in [5, 5.41) is 6.07. The van der Waals surface area contributed by atoms with Crippen LogP contribution in [-0.4, -0.2) is 44.4 Å². The minimum atomic E-state index is -0.132. The van der Waals surface area contributed by atoms with Gasteiger partial charge in [-0.05, 0) is 66.4 Å². The minimum absolute atomic E-state index is 0.132. The van der Waals surface area contributed by atoms with Gasteiger partial charge in [0.15, 0.2) is 5.17 Å². The second-order valence-corrected chi connectivity index (χ2v) is 10.6. The van der Waals surface area contributed by atoms with E-state index in [-0.39, 0.29) is 5.91 Å². The fraction of sp³-hybridized carbons (Fsp3) is 0.0667. The molecule has 0 spiro atoms. The Hall–Kier alpha value is -4.47. The van der Waals surface area contributed by atoms with Crippen molar-refractivity contribution in [3.8, 4) is 22.7 Å². The summed E-state index contributed by atoms with van der Waals surface area (Å²) < 4.78 is 8.21. The number of methoxy groups -OCH3 is 1. The quantitative estimate of drug-likeness (QED) is 0.162. The van der Waals surface area contributed by atoms with Crippen molar-refractivity contribution in [2.45, 2.75) is 0 Å². The molecule has 2 aromatic heterocycles. The Morgan fingerprint density at radius 1 is 1.03 bits per heavy atom. The lowest BCUT2D eigenvalue weighted by atomic mass is 10.1. The number of benzene rings is 3. The van der Waals surface area contributed by atoms with Crippen LogP contribution in [0, 0.1) is 0 Å². The molecule has 0 radical (unpaired) electrons. The van der Waals surface area contributed by atoms with Gasteiger partial charge in [-0.2, -0.15) is 10.1 Å². The molecule has 1 saturated heterocycles. The third-order valence-corrected chi connectivity index (χ3v) is 8.02. The van der Waals surface area contributed by atoms with Gasteiger partial charge < -0.3 is 4.74 Å². The maximum atomic E-state index is 13.5. The lowest BCUT2D eigenvalue weighted by Gasteiger charge is -2.11. The fourth-order valence-corrected chi connectivity index (χ4v) is 6.07. The molecule has 0 atom stereocenters. The normalized spacial score (nSPS) is 15.5. The van der Waals surface area contributed by atoms with Crippen LogP contribution < -0.4 is 4.74 Å². The van der Waals surface area contributed by atoms with Gasteiger partial charge in [0.2, 0.25) is 5.13 Å². The number of rotatable bonds is 7. The number of ether oxygens (including phenoxy) is 1. The number of amidine groups is 1. The SMILES string of the molecule is C=CCN1C(=O)C(=Cc2cn(-c3ccccc3)nc2-c2ccc(OC)cc2)SC1=Nc1nc2ccccc2s1. The van der Waals surface area contributed by atoms with E-state index in [4.69, 9.17) is 14.8 Å². The van der Waals surface area contributed by atoms with Gasteiger partial charge in [0.25, 0.3) is 5.91 Å². The summed E-state index contributed by atoms with van der Waals surface area (Å²) in [6.07, 6.45) is 5.53. The van der Waals surface area contributed by atoms with E-state index in [1.54, 1.807) is 18.1 Å². The van der Waals surface area contributed by atoms with Crippen LogP contribution in [0.4, 0.5) is 5.13 Å². The van der Waals surface area contributed by atoms with E-state index >= 15 is 0 Å². The molecule has 3 aromatic carbocycles. The number of nitrogens with zero attached hydrogens (tertiary/aromatic N) is 5. The lowest BCUT2D eigenvalue weighted by Crippen LogP contribution is -2.29. The molecule has 0 unspecified atom stereocenters. The van der Waals surface area contributed by atoms with E-state index < -0.39 is 0 Å². The fourth-order valence-electron chi connectivity index (χ4n) is 4.19. The van der Waals surface area contributed by atoms with Gasteiger partial charge in [0.1, 0.15) is 5.75 Å². The first kappa shape index (κ1) is 24.8. The summed E-state index contributed by atoms with van der Waals surface area (Å²) in [5.41, 5.74) is 4.31. The summed E-state index contributed by atoms with van der Waals surface area (Å²) >= 11 is 2.83. The Balaban J connectivity index is 1.41. The van der Waals surface area contributed by atoms with Gasteiger partial charge in [0, 0.05) is 23.9 Å². The van der Waals surface area contributed by atoms with Gasteiger partial charge in [-0.3, -0.25) is 9.69 Å². The number of thiazole rings is 1. The van der Waals surface area contributed by atoms with Crippen molar-refractivity contribution in [1.82, 2.24) is 19.7 Å². The summed E-state index contributed by atoms with van der Waals surface area (Å²) in [4.78, 5) is 25.1. The highest BCUT2D eigenvalue weighted by Crippen LogP contribution is 2.37. The Morgan fingerprint density at radius 3 is 2.54 bits per heavy atom. The molecule has 5 aromatic rings. The molecular weight excluding hydrogens is 526 g/mol. The van der Waals surface area contributed by atoms with E-state index in [9.17, 15) is 4.79 Å². The summed E-state index contributed by atoms with van der Waals surface area (Å²) in [6, 6.07) is 25.5. The van der Waals surface area contributed by atoms with E-state index in [0.29, 0.717) is 21.7 Å². The van der Waals surface area contributed by atoms with Gasteiger partial charge in [0.05, 0.1) is 33.6 Å². The number of hydrogen-bond donors (Lipinski definition) is 0. The third kappa shape index (κ3) is 5.01. The average molecular weight is 550 g/mol. The van der Waals surface area contributed by atoms with Gasteiger partial charge in [-0.1, -0.05) is 47.7 Å². The Morgan fingerprint density at radius 2 is 1.79 bits per heavy atom. The maximum absolute atomic E-state index is 13.5. The lowest BCUT2D eigenvalue weighted by molar-refractivity contribution is -0.121. The van der Waals surface area contributed by atoms with E-state index in [0.717, 1.165) is 38.5 Å². The predicted octanol–water partition coefficient (Wildman–Crippen LogP) is 6.95. The van der Waals surface area contributed by atoms with E-state index in [1.165, 1.54) is 23.1 Å². The van der Waals surface area contributed by atoms with Crippen LogP contribution in [0.1, 0.15) is 5.56 Å². The zero-order valence-electron chi connectivity index (χ0n) is 21.0. The first-order valence-electron chi connectivity index (χ1n) is 12.2. The molecule has 6 rings (SSSR count). The van der Waals surface area contributed by atoms with Crippen LogP contribution >= 0.6 is 23.1 Å². The molecule has 7 nitrogen and oxygen atoms in total. The average Bonchev–Trinajstić information content (AvgIpc) is 3.66. The van der Waals surface area contributed by atoms with Crippen LogP contribution in [0.2, 0.25) is 0 Å². The van der Waals surface area contributed by atoms with Crippen molar-refractivity contribution in [3.05, 3.63) is 108 Å². The summed E-state index contributed by atoms with van der Waals surface area (Å²) in [5.74, 6) is 0.631. The van der Waals surface area contributed by atoms with E-state index in [2.05, 4.69) is 11.6 Å². The molecular formula is C30H23N5O2S2. The van der Waals surface area contributed by atoms with Crippen LogP contribution in [0.3, 0.4) is 0 Å². The van der Waals surface area contributed by atoms with Crippen molar-refractivity contribution in [2.75, 3.05) is 13.7 Å². The number of amides is 1. The van der Waals surface area contributed by atoms with Crippen LogP contribution in [0.25, 0.3) is 33.2 Å². The van der Waals surface area contributed by atoms with Crippen molar-refractivity contribution < 1.29 is 9.53 Å². The molecule has 0 N–H and O–H groups in total. The number of hydrogen-bond acceptors (Lipinski definition) is 7. The zero-order valence-corrected chi connectivity index (χ0v) is 22.7. The molecule has 39 heavy (non-hydrogen) atoms. The van der Waals surface area contributed by atoms with Crippen LogP contribution in [0.5, 0.6) is 5.75 Å². The van der Waals surface area contributed by atoms with Crippen molar-refractivity contribution in [1.29, 1.82) is 0 Å². The molecule has 1 amide bonds. The maximum Gasteiger partial charge on any atom is 0.267 e. The zero-order chi connectivity index (χ0) is 26.8. The number of para-hydroxylation sites is 2. The molecule has 0 bridgehead atoms. The van der Waals surface area contributed by atoms with Crippen LogP contribution in [0.15, 0.2) is 108 Å². The Labute approximate surface area is 233 Å². The second kappa shape index (κ2) is 10.7. The minimum Gasteiger partial charge on any atom is -0.497 e. The highest BCUT2D eigenvalue weighted by Gasteiger charge is 2.33. The number of carbonyl (C=O) groups excluding carboxylic acids is 1. The number of thioether (sulfide) groups is 1. The third-order valence-electron chi connectivity index (χ3n) is 6.09. The summed E-state index contributed by atoms with van der Waals surface area (Å²) in [6.45, 7) is 4.18. The molecule has 1 aliphatic rings. The molecule has 0 aliphatic carbocycles. The van der Waals surface area contributed by atoms with Gasteiger partial charge >= 0.3 is 0 Å². The standard InChI is InChI=1S/C30H23N5O2S2/c1-3-17-34-28(36)26(39-30(34)32-29-31-24-11-7-8-12-25(24)38-29)18-21-19-35(22-9-5-4-6-10-22)33-27(21)20-13-15-23(37-2)16-14-20/h3-16,18-19H,1,17H2,2H3. The smallest absolute Gasteiger partial charge is 0.267 e. The molecule has 0 saturated carbocycles. The van der Waals surface area contributed by atoms with Crippen molar-refractivity contribution in [2.24, 2.45) is 4.99 Å². The number of carbonyl (C=O) groups is 1. The van der Waals surface area contributed by atoms with Crippen molar-refractivity contribution in [3.63, 3.8) is 0 Å². The highest BCUT2D eigenvalue weighted by atomic mass is 32.2. The van der Waals surface area contributed by atoms with Gasteiger partial charge in [-0.15, -0.1) is 6.58 Å². The number of aromatic nitrogens is 3. The highest BCUT2D eigenvalue weighted by molar-refractivity contribution is 8.18. The monoisotopic (exact) mass is 549 g/mol. The van der Waals surface area contributed by atoms with E-state index in [1.807, 2.05) is 95.8 Å². The van der Waals surface area contributed by atoms with Gasteiger partial charge in [-0.25, -0.2) is 9.67 Å².